The number of rotatable bonds is 3. The number of nitrogens with zero attached hydrogens (tertiary/aromatic N) is 5. The summed E-state index contributed by atoms with van der Waals surface area (Å²) in [6.07, 6.45) is 9.79. The average Bonchev–Trinajstić information content (AvgIpc) is 3.45. The molecule has 1 N–H and O–H groups in total. The molecule has 3 aromatic rings. The molecule has 5 rings (SSSR count). The third kappa shape index (κ3) is 2.80. The van der Waals surface area contributed by atoms with Crippen LogP contribution in [0.2, 0.25) is 0 Å². The SMILES string of the molecule is CC(C)N1CCCC1C(=O)N1CCC(n2cnc3cnc4[nH]ccc4c32)CC1. The first-order chi connectivity index (χ1) is 13.6. The van der Waals surface area contributed by atoms with Crippen LogP contribution < -0.4 is 0 Å². The number of nitrogens with one attached hydrogen (secondary N) is 1. The van der Waals surface area contributed by atoms with E-state index in [9.17, 15) is 4.79 Å². The van der Waals surface area contributed by atoms with Crippen LogP contribution in [0.1, 0.15) is 45.6 Å². The van der Waals surface area contributed by atoms with Crippen LogP contribution in [0.3, 0.4) is 0 Å². The van der Waals surface area contributed by atoms with Gasteiger partial charge in [-0.25, -0.2) is 9.97 Å². The molecule has 7 heteroatoms. The number of hydrogen-bond acceptors (Lipinski definition) is 4. The van der Waals surface area contributed by atoms with E-state index in [2.05, 4.69) is 49.2 Å². The second kappa shape index (κ2) is 6.88. The quantitative estimate of drug-likeness (QED) is 0.758. The van der Waals surface area contributed by atoms with Crippen LogP contribution in [-0.4, -0.2) is 66.9 Å². The number of aromatic nitrogens is 4. The van der Waals surface area contributed by atoms with Gasteiger partial charge in [-0.1, -0.05) is 0 Å². The molecule has 28 heavy (non-hydrogen) atoms. The van der Waals surface area contributed by atoms with Crippen molar-refractivity contribution in [2.24, 2.45) is 0 Å². The molecule has 0 aromatic carbocycles. The number of likely N-dealkylation sites (tertiary alicyclic amines) is 2. The largest absolute Gasteiger partial charge is 0.346 e. The van der Waals surface area contributed by atoms with Crippen LogP contribution in [0.4, 0.5) is 0 Å². The molecule has 0 saturated carbocycles. The normalized spacial score (nSPS) is 22.1. The average molecular weight is 380 g/mol. The smallest absolute Gasteiger partial charge is 0.239 e. The van der Waals surface area contributed by atoms with Crippen molar-refractivity contribution in [2.75, 3.05) is 19.6 Å². The van der Waals surface area contributed by atoms with Gasteiger partial charge in [0, 0.05) is 36.8 Å². The van der Waals surface area contributed by atoms with E-state index in [1.54, 1.807) is 0 Å². The Labute approximate surface area is 164 Å². The highest BCUT2D eigenvalue weighted by molar-refractivity contribution is 6.00. The van der Waals surface area contributed by atoms with E-state index in [1.165, 1.54) is 0 Å². The van der Waals surface area contributed by atoms with Gasteiger partial charge in [0.15, 0.2) is 0 Å². The lowest BCUT2D eigenvalue weighted by Crippen LogP contribution is -2.50. The fourth-order valence-corrected chi connectivity index (χ4v) is 5.06. The number of aromatic amines is 1. The molecule has 0 aliphatic carbocycles. The number of carbonyl (C=O) groups excluding carboxylic acids is 1. The van der Waals surface area contributed by atoms with Gasteiger partial charge in [0.25, 0.3) is 0 Å². The molecule has 7 nitrogen and oxygen atoms in total. The second-order valence-corrected chi connectivity index (χ2v) is 8.43. The topological polar surface area (TPSA) is 70.1 Å². The van der Waals surface area contributed by atoms with Crippen molar-refractivity contribution in [3.8, 4) is 0 Å². The van der Waals surface area contributed by atoms with E-state index >= 15 is 0 Å². The fraction of sp³-hybridized carbons (Fsp3) is 0.571. The predicted octanol–water partition coefficient (Wildman–Crippen LogP) is 2.95. The molecule has 1 amide bonds. The molecule has 1 unspecified atom stereocenters. The Kier molecular flexibility index (Phi) is 4.34. The number of amides is 1. The maximum Gasteiger partial charge on any atom is 0.239 e. The van der Waals surface area contributed by atoms with Gasteiger partial charge in [0.05, 0.1) is 24.1 Å². The maximum atomic E-state index is 13.1. The minimum atomic E-state index is 0.0798. The van der Waals surface area contributed by atoms with E-state index in [0.29, 0.717) is 18.0 Å². The number of carbonyl (C=O) groups is 1. The van der Waals surface area contributed by atoms with Crippen molar-refractivity contribution < 1.29 is 4.79 Å². The summed E-state index contributed by atoms with van der Waals surface area (Å²) in [5, 5.41) is 1.12. The fourth-order valence-electron chi connectivity index (χ4n) is 5.06. The number of H-pyrrole nitrogens is 1. The number of pyridine rings is 1. The third-order valence-corrected chi connectivity index (χ3v) is 6.53. The monoisotopic (exact) mass is 380 g/mol. The maximum absolute atomic E-state index is 13.1. The highest BCUT2D eigenvalue weighted by atomic mass is 16.2. The lowest BCUT2D eigenvalue weighted by atomic mass is 10.0. The van der Waals surface area contributed by atoms with E-state index in [0.717, 1.165) is 67.4 Å². The number of piperidine rings is 1. The van der Waals surface area contributed by atoms with Gasteiger partial charge in [-0.2, -0.15) is 0 Å². The molecule has 2 aliphatic heterocycles. The Balaban J connectivity index is 1.33. The van der Waals surface area contributed by atoms with E-state index in [-0.39, 0.29) is 6.04 Å². The predicted molar refractivity (Wildman–Crippen MR) is 109 cm³/mol. The minimum Gasteiger partial charge on any atom is -0.346 e. The summed E-state index contributed by atoms with van der Waals surface area (Å²) < 4.78 is 2.30. The highest BCUT2D eigenvalue weighted by Gasteiger charge is 2.36. The van der Waals surface area contributed by atoms with Gasteiger partial charge in [0.2, 0.25) is 5.91 Å². The second-order valence-electron chi connectivity index (χ2n) is 8.43. The first kappa shape index (κ1) is 17.7. The van der Waals surface area contributed by atoms with Gasteiger partial charge in [0.1, 0.15) is 11.2 Å². The lowest BCUT2D eigenvalue weighted by Gasteiger charge is -2.37. The standard InChI is InChI=1S/C21H28N6O/c1-14(2)26-9-3-4-18(26)21(28)25-10-6-15(7-11-25)27-13-24-17-12-23-20-16(19(17)27)5-8-22-20/h5,8,12-15,18H,3-4,6-7,9-11H2,1-2H3,(H,22,23). The molecule has 148 valence electrons. The van der Waals surface area contributed by atoms with Gasteiger partial charge in [-0.15, -0.1) is 0 Å². The number of hydrogen-bond donors (Lipinski definition) is 1. The first-order valence-electron chi connectivity index (χ1n) is 10.5. The van der Waals surface area contributed by atoms with Crippen LogP contribution in [0, 0.1) is 0 Å². The van der Waals surface area contributed by atoms with Gasteiger partial charge in [-0.05, 0) is 52.1 Å². The van der Waals surface area contributed by atoms with Crippen LogP contribution in [-0.2, 0) is 4.79 Å². The Morgan fingerprint density at radius 2 is 2.00 bits per heavy atom. The van der Waals surface area contributed by atoms with Crippen molar-refractivity contribution in [1.29, 1.82) is 0 Å². The van der Waals surface area contributed by atoms with Crippen LogP contribution in [0.5, 0.6) is 0 Å². The molecule has 1 atom stereocenters. The third-order valence-electron chi connectivity index (χ3n) is 6.53. The van der Waals surface area contributed by atoms with E-state index in [1.807, 2.05) is 18.7 Å². The van der Waals surface area contributed by atoms with E-state index < -0.39 is 0 Å². The van der Waals surface area contributed by atoms with Crippen molar-refractivity contribution in [3.05, 3.63) is 24.8 Å². The molecule has 0 bridgehead atoms. The molecular weight excluding hydrogens is 352 g/mol. The molecular formula is C21H28N6O. The summed E-state index contributed by atoms with van der Waals surface area (Å²) in [6.45, 7) is 7.09. The Bertz CT molecular complexity index is 997. The Morgan fingerprint density at radius 3 is 2.79 bits per heavy atom. The molecule has 2 saturated heterocycles. The zero-order valence-electron chi connectivity index (χ0n) is 16.6. The molecule has 3 aromatic heterocycles. The summed E-state index contributed by atoms with van der Waals surface area (Å²) in [5.74, 6) is 0.331. The van der Waals surface area contributed by atoms with Gasteiger partial charge >= 0.3 is 0 Å². The summed E-state index contributed by atoms with van der Waals surface area (Å²) in [4.78, 5) is 29.8. The summed E-state index contributed by atoms with van der Waals surface area (Å²) in [7, 11) is 0. The summed E-state index contributed by atoms with van der Waals surface area (Å²) in [5.41, 5.74) is 2.99. The lowest BCUT2D eigenvalue weighted by molar-refractivity contribution is -0.137. The van der Waals surface area contributed by atoms with Crippen LogP contribution in [0.15, 0.2) is 24.8 Å². The number of imidazole rings is 1. The molecule has 5 heterocycles. The van der Waals surface area contributed by atoms with Gasteiger partial charge in [-0.3, -0.25) is 9.69 Å². The Morgan fingerprint density at radius 1 is 1.18 bits per heavy atom. The highest BCUT2D eigenvalue weighted by Crippen LogP contribution is 2.31. The minimum absolute atomic E-state index is 0.0798. The Hall–Kier alpha value is -2.41. The molecule has 0 radical (unpaired) electrons. The number of fused-ring (bicyclic) bond motifs is 3. The van der Waals surface area contributed by atoms with E-state index in [4.69, 9.17) is 0 Å². The van der Waals surface area contributed by atoms with Crippen LogP contribution >= 0.6 is 0 Å². The molecule has 2 fully saturated rings. The van der Waals surface area contributed by atoms with Crippen molar-refractivity contribution >= 4 is 28.0 Å². The zero-order chi connectivity index (χ0) is 19.3. The summed E-state index contributed by atoms with van der Waals surface area (Å²) >= 11 is 0. The molecule has 2 aliphatic rings. The van der Waals surface area contributed by atoms with Gasteiger partial charge < -0.3 is 14.5 Å². The first-order valence-corrected chi connectivity index (χ1v) is 10.5. The van der Waals surface area contributed by atoms with Crippen molar-refractivity contribution in [2.45, 2.75) is 57.7 Å². The molecule has 0 spiro atoms. The summed E-state index contributed by atoms with van der Waals surface area (Å²) in [6, 6.07) is 2.96. The zero-order valence-corrected chi connectivity index (χ0v) is 16.6. The van der Waals surface area contributed by atoms with Crippen LogP contribution in [0.25, 0.3) is 22.1 Å². The van der Waals surface area contributed by atoms with Crippen molar-refractivity contribution in [1.82, 2.24) is 29.3 Å². The van der Waals surface area contributed by atoms with Crippen molar-refractivity contribution in [3.63, 3.8) is 0 Å².